The van der Waals surface area contributed by atoms with Crippen molar-refractivity contribution in [1.82, 2.24) is 9.29 Å². The molecule has 7 nitrogen and oxygen atoms in total. The quantitative estimate of drug-likeness (QED) is 0.870. The van der Waals surface area contributed by atoms with E-state index in [1.54, 1.807) is 6.07 Å². The second-order valence-electron chi connectivity index (χ2n) is 5.81. The van der Waals surface area contributed by atoms with Gasteiger partial charge in [-0.2, -0.15) is 4.31 Å². The highest BCUT2D eigenvalue weighted by molar-refractivity contribution is 7.89. The number of carbonyl (C=O) groups excluding carboxylic acids is 1. The number of hydrogen-bond acceptors (Lipinski definition) is 5. The molecule has 1 fully saturated rings. The van der Waals surface area contributed by atoms with E-state index in [0.717, 1.165) is 19.3 Å². The number of hydrogen-bond donors (Lipinski definition) is 2. The topological polar surface area (TPSA) is 99.6 Å². The number of amides is 1. The third-order valence-electron chi connectivity index (χ3n) is 4.09. The van der Waals surface area contributed by atoms with Gasteiger partial charge in [0.05, 0.1) is 4.90 Å². The SMILES string of the molecule is O=C(Nc1ncccc1O)c1ccc(S(=O)(=O)N2CCCCC2)cc1. The highest BCUT2D eigenvalue weighted by atomic mass is 32.2. The number of nitrogens with zero attached hydrogens (tertiary/aromatic N) is 2. The molecule has 2 N–H and O–H groups in total. The van der Waals surface area contributed by atoms with Gasteiger partial charge >= 0.3 is 0 Å². The van der Waals surface area contributed by atoms with Gasteiger partial charge in [-0.15, -0.1) is 0 Å². The number of carbonyl (C=O) groups is 1. The maximum Gasteiger partial charge on any atom is 0.256 e. The number of piperidine rings is 1. The van der Waals surface area contributed by atoms with Crippen molar-refractivity contribution in [3.63, 3.8) is 0 Å². The van der Waals surface area contributed by atoms with Gasteiger partial charge in [0.25, 0.3) is 5.91 Å². The molecular formula is C17H19N3O4S. The number of nitrogens with one attached hydrogen (secondary N) is 1. The minimum Gasteiger partial charge on any atom is -0.504 e. The maximum absolute atomic E-state index is 12.6. The molecule has 1 aromatic carbocycles. The van der Waals surface area contributed by atoms with Crippen molar-refractivity contribution < 1.29 is 18.3 Å². The van der Waals surface area contributed by atoms with Gasteiger partial charge in [-0.3, -0.25) is 4.79 Å². The van der Waals surface area contributed by atoms with Crippen molar-refractivity contribution in [1.29, 1.82) is 0 Å². The van der Waals surface area contributed by atoms with E-state index >= 15 is 0 Å². The molecule has 2 heterocycles. The Morgan fingerprint density at radius 2 is 1.76 bits per heavy atom. The van der Waals surface area contributed by atoms with Gasteiger partial charge in [0, 0.05) is 24.8 Å². The minimum atomic E-state index is -3.52. The zero-order valence-electron chi connectivity index (χ0n) is 13.6. The van der Waals surface area contributed by atoms with Crippen LogP contribution in [0.5, 0.6) is 5.75 Å². The van der Waals surface area contributed by atoms with Crippen LogP contribution in [-0.2, 0) is 10.0 Å². The van der Waals surface area contributed by atoms with Crippen LogP contribution >= 0.6 is 0 Å². The van der Waals surface area contributed by atoms with Gasteiger partial charge in [0.1, 0.15) is 0 Å². The first-order valence-corrected chi connectivity index (χ1v) is 9.48. The predicted molar refractivity (Wildman–Crippen MR) is 92.9 cm³/mol. The Morgan fingerprint density at radius 1 is 1.08 bits per heavy atom. The van der Waals surface area contributed by atoms with E-state index in [9.17, 15) is 18.3 Å². The Morgan fingerprint density at radius 3 is 2.40 bits per heavy atom. The summed E-state index contributed by atoms with van der Waals surface area (Å²) >= 11 is 0. The second-order valence-corrected chi connectivity index (χ2v) is 7.75. The molecule has 1 aliphatic heterocycles. The molecule has 1 aromatic heterocycles. The van der Waals surface area contributed by atoms with Crippen molar-refractivity contribution in [2.24, 2.45) is 0 Å². The molecule has 3 rings (SSSR count). The summed E-state index contributed by atoms with van der Waals surface area (Å²) in [6, 6.07) is 8.72. The maximum atomic E-state index is 12.6. The van der Waals surface area contributed by atoms with Crippen molar-refractivity contribution in [2.75, 3.05) is 18.4 Å². The molecule has 2 aromatic rings. The number of aromatic nitrogens is 1. The zero-order valence-corrected chi connectivity index (χ0v) is 14.4. The number of aromatic hydroxyl groups is 1. The standard InChI is InChI=1S/C17H19N3O4S/c21-15-5-4-10-18-16(15)19-17(22)13-6-8-14(9-7-13)25(23,24)20-11-2-1-3-12-20/h4-10,21H,1-3,11-12H2,(H,18,19,22). The second kappa shape index (κ2) is 7.20. The van der Waals surface area contributed by atoms with Gasteiger partial charge in [-0.25, -0.2) is 13.4 Å². The fraction of sp³-hybridized carbons (Fsp3) is 0.294. The Labute approximate surface area is 146 Å². The molecule has 0 spiro atoms. The van der Waals surface area contributed by atoms with E-state index < -0.39 is 15.9 Å². The molecule has 1 aliphatic rings. The van der Waals surface area contributed by atoms with E-state index in [0.29, 0.717) is 13.1 Å². The lowest BCUT2D eigenvalue weighted by molar-refractivity contribution is 0.102. The van der Waals surface area contributed by atoms with Crippen molar-refractivity contribution in [2.45, 2.75) is 24.2 Å². The summed E-state index contributed by atoms with van der Waals surface area (Å²) in [6.07, 6.45) is 4.23. The average Bonchev–Trinajstić information content (AvgIpc) is 2.64. The van der Waals surface area contributed by atoms with E-state index in [1.165, 1.54) is 40.8 Å². The zero-order chi connectivity index (χ0) is 17.9. The summed E-state index contributed by atoms with van der Waals surface area (Å²) in [5, 5.41) is 12.1. The number of benzene rings is 1. The first kappa shape index (κ1) is 17.4. The molecule has 0 bridgehead atoms. The summed E-state index contributed by atoms with van der Waals surface area (Å²) in [5.74, 6) is -0.561. The molecule has 0 aliphatic carbocycles. The van der Waals surface area contributed by atoms with Crippen molar-refractivity contribution >= 4 is 21.7 Å². The van der Waals surface area contributed by atoms with E-state index in [1.807, 2.05) is 0 Å². The summed E-state index contributed by atoms with van der Waals surface area (Å²) in [4.78, 5) is 16.3. The third-order valence-corrected chi connectivity index (χ3v) is 6.00. The van der Waals surface area contributed by atoms with Gasteiger partial charge < -0.3 is 10.4 Å². The lowest BCUT2D eigenvalue weighted by atomic mass is 10.2. The molecule has 132 valence electrons. The lowest BCUT2D eigenvalue weighted by Crippen LogP contribution is -2.35. The van der Waals surface area contributed by atoms with Gasteiger partial charge in [0.15, 0.2) is 11.6 Å². The van der Waals surface area contributed by atoms with Crippen LogP contribution in [-0.4, -0.2) is 41.8 Å². The van der Waals surface area contributed by atoms with E-state index in [4.69, 9.17) is 0 Å². The molecular weight excluding hydrogens is 342 g/mol. The van der Waals surface area contributed by atoms with E-state index in [2.05, 4.69) is 10.3 Å². The first-order valence-electron chi connectivity index (χ1n) is 8.04. The predicted octanol–water partition coefficient (Wildman–Crippen LogP) is 2.21. The average molecular weight is 361 g/mol. The molecule has 8 heteroatoms. The van der Waals surface area contributed by atoms with Crippen LogP contribution in [0.15, 0.2) is 47.5 Å². The van der Waals surface area contributed by atoms with E-state index in [-0.39, 0.29) is 22.0 Å². The van der Waals surface area contributed by atoms with Crippen LogP contribution in [0.25, 0.3) is 0 Å². The van der Waals surface area contributed by atoms with Crippen molar-refractivity contribution in [3.8, 4) is 5.75 Å². The summed E-state index contributed by atoms with van der Waals surface area (Å²) in [6.45, 7) is 1.06. The Hall–Kier alpha value is -2.45. The Kier molecular flexibility index (Phi) is 5.00. The first-order chi connectivity index (χ1) is 12.0. The van der Waals surface area contributed by atoms with Crippen LogP contribution in [0.3, 0.4) is 0 Å². The van der Waals surface area contributed by atoms with Gasteiger partial charge in [-0.05, 0) is 49.2 Å². The third kappa shape index (κ3) is 3.80. The largest absolute Gasteiger partial charge is 0.504 e. The molecule has 0 unspecified atom stereocenters. The molecule has 1 saturated heterocycles. The highest BCUT2D eigenvalue weighted by Gasteiger charge is 2.26. The summed E-state index contributed by atoms with van der Waals surface area (Å²) in [5.41, 5.74) is 0.280. The Balaban J connectivity index is 1.75. The molecule has 0 saturated carbocycles. The van der Waals surface area contributed by atoms with Gasteiger partial charge in [-0.1, -0.05) is 6.42 Å². The fourth-order valence-corrected chi connectivity index (χ4v) is 4.22. The number of rotatable bonds is 4. The highest BCUT2D eigenvalue weighted by Crippen LogP contribution is 2.22. The molecule has 1 amide bonds. The van der Waals surface area contributed by atoms with Crippen LogP contribution in [0, 0.1) is 0 Å². The monoisotopic (exact) mass is 361 g/mol. The van der Waals surface area contributed by atoms with Crippen LogP contribution in [0.1, 0.15) is 29.6 Å². The molecule has 0 atom stereocenters. The Bertz CT molecular complexity index is 860. The van der Waals surface area contributed by atoms with Gasteiger partial charge in [0.2, 0.25) is 10.0 Å². The van der Waals surface area contributed by atoms with Crippen LogP contribution < -0.4 is 5.32 Å². The molecule has 0 radical (unpaired) electrons. The van der Waals surface area contributed by atoms with Crippen LogP contribution in [0.2, 0.25) is 0 Å². The molecule has 25 heavy (non-hydrogen) atoms. The number of pyridine rings is 1. The van der Waals surface area contributed by atoms with Crippen LogP contribution in [0.4, 0.5) is 5.82 Å². The lowest BCUT2D eigenvalue weighted by Gasteiger charge is -2.25. The van der Waals surface area contributed by atoms with Crippen molar-refractivity contribution in [3.05, 3.63) is 48.2 Å². The number of sulfonamides is 1. The smallest absolute Gasteiger partial charge is 0.256 e. The number of anilines is 1. The normalized spacial score (nSPS) is 15.7. The summed E-state index contributed by atoms with van der Waals surface area (Å²) in [7, 11) is -3.52. The fourth-order valence-electron chi connectivity index (χ4n) is 2.71. The summed E-state index contributed by atoms with van der Waals surface area (Å²) < 4.78 is 26.7. The minimum absolute atomic E-state index is 0.0533.